The molecule has 1 saturated heterocycles. The highest BCUT2D eigenvalue weighted by atomic mass is 79.9. The molecule has 108 valence electrons. The molecule has 0 amide bonds. The zero-order valence-electron chi connectivity index (χ0n) is 11.9. The Morgan fingerprint density at radius 2 is 2.35 bits per heavy atom. The largest absolute Gasteiger partial charge is 0.496 e. The van der Waals surface area contributed by atoms with Crippen molar-refractivity contribution in [2.75, 3.05) is 26.7 Å². The number of benzene rings is 1. The van der Waals surface area contributed by atoms with Gasteiger partial charge in [0.15, 0.2) is 0 Å². The van der Waals surface area contributed by atoms with Gasteiger partial charge in [-0.1, -0.05) is 13.0 Å². The zero-order chi connectivity index (χ0) is 14.1. The first kappa shape index (κ1) is 13.9. The van der Waals surface area contributed by atoms with Crippen LogP contribution in [0.25, 0.3) is 0 Å². The lowest BCUT2D eigenvalue weighted by atomic mass is 9.86. The Labute approximate surface area is 128 Å². The molecule has 1 aromatic rings. The number of nitrogens with zero attached hydrogens (tertiary/aromatic N) is 2. The maximum atomic E-state index is 5.30. The molecule has 2 aliphatic heterocycles. The van der Waals surface area contributed by atoms with E-state index in [1.165, 1.54) is 11.3 Å². The molecule has 1 N–H and O–H groups in total. The Morgan fingerprint density at radius 1 is 1.50 bits per heavy atom. The van der Waals surface area contributed by atoms with Crippen molar-refractivity contribution >= 4 is 21.6 Å². The van der Waals surface area contributed by atoms with Crippen LogP contribution in [-0.4, -0.2) is 37.4 Å². The summed E-state index contributed by atoms with van der Waals surface area (Å²) in [5, 5.41) is 4.55. The van der Waals surface area contributed by atoms with Gasteiger partial charge in [0.2, 0.25) is 0 Å². The highest BCUT2D eigenvalue weighted by molar-refractivity contribution is 9.10. The monoisotopic (exact) mass is 337 g/mol. The van der Waals surface area contributed by atoms with E-state index in [0.717, 1.165) is 36.3 Å². The second-order valence-electron chi connectivity index (χ2n) is 5.35. The summed E-state index contributed by atoms with van der Waals surface area (Å²) in [6.45, 7) is 5.56. The van der Waals surface area contributed by atoms with Crippen molar-refractivity contribution in [3.05, 3.63) is 28.2 Å². The third-order valence-corrected chi connectivity index (χ3v) is 4.92. The number of nitrogens with one attached hydrogen (secondary N) is 1. The van der Waals surface area contributed by atoms with Gasteiger partial charge >= 0.3 is 0 Å². The summed E-state index contributed by atoms with van der Waals surface area (Å²) in [7, 11) is 1.69. The SMILES string of the molecule is CCN1CCC2=NNC(c3ccc(OC)c(Br)c3)C2C1. The summed E-state index contributed by atoms with van der Waals surface area (Å²) >= 11 is 3.57. The van der Waals surface area contributed by atoms with E-state index in [-0.39, 0.29) is 6.04 Å². The molecule has 20 heavy (non-hydrogen) atoms. The molecule has 1 aromatic carbocycles. The topological polar surface area (TPSA) is 36.9 Å². The molecule has 1 fully saturated rings. The van der Waals surface area contributed by atoms with Gasteiger partial charge in [-0.25, -0.2) is 0 Å². The van der Waals surface area contributed by atoms with Gasteiger partial charge in [-0.15, -0.1) is 0 Å². The fourth-order valence-electron chi connectivity index (χ4n) is 3.08. The average molecular weight is 338 g/mol. The van der Waals surface area contributed by atoms with Crippen LogP contribution < -0.4 is 10.2 Å². The number of piperidine rings is 1. The molecule has 2 aliphatic rings. The third kappa shape index (κ3) is 2.44. The molecule has 2 unspecified atom stereocenters. The summed E-state index contributed by atoms with van der Waals surface area (Å²) in [5.74, 6) is 1.36. The van der Waals surface area contributed by atoms with Crippen molar-refractivity contribution in [1.82, 2.24) is 10.3 Å². The number of hydrazone groups is 1. The highest BCUT2D eigenvalue weighted by Crippen LogP contribution is 2.35. The first-order valence-electron chi connectivity index (χ1n) is 7.10. The lowest BCUT2D eigenvalue weighted by Crippen LogP contribution is -2.41. The second kappa shape index (κ2) is 5.74. The lowest BCUT2D eigenvalue weighted by molar-refractivity contribution is 0.238. The van der Waals surface area contributed by atoms with E-state index in [9.17, 15) is 0 Å². The summed E-state index contributed by atoms with van der Waals surface area (Å²) in [4.78, 5) is 2.50. The number of halogens is 1. The highest BCUT2D eigenvalue weighted by Gasteiger charge is 2.36. The maximum Gasteiger partial charge on any atom is 0.133 e. The molecule has 0 aromatic heterocycles. The number of hydrogen-bond donors (Lipinski definition) is 1. The molecule has 2 heterocycles. The van der Waals surface area contributed by atoms with Gasteiger partial charge in [0.05, 0.1) is 17.6 Å². The van der Waals surface area contributed by atoms with Crippen LogP contribution >= 0.6 is 15.9 Å². The van der Waals surface area contributed by atoms with Gasteiger partial charge in [-0.2, -0.15) is 5.10 Å². The molecule has 0 bridgehead atoms. The van der Waals surface area contributed by atoms with E-state index in [1.807, 2.05) is 6.07 Å². The van der Waals surface area contributed by atoms with Crippen LogP contribution in [0.2, 0.25) is 0 Å². The average Bonchev–Trinajstić information content (AvgIpc) is 2.89. The number of methoxy groups -OCH3 is 1. The van der Waals surface area contributed by atoms with Gasteiger partial charge in [0.1, 0.15) is 5.75 Å². The number of rotatable bonds is 3. The van der Waals surface area contributed by atoms with E-state index in [4.69, 9.17) is 4.74 Å². The molecule has 4 nitrogen and oxygen atoms in total. The van der Waals surface area contributed by atoms with Crippen LogP contribution in [0.15, 0.2) is 27.8 Å². The predicted molar refractivity (Wildman–Crippen MR) is 84.2 cm³/mol. The lowest BCUT2D eigenvalue weighted by Gasteiger charge is -2.32. The Kier molecular flexibility index (Phi) is 3.98. The van der Waals surface area contributed by atoms with Gasteiger partial charge < -0.3 is 15.1 Å². The first-order chi connectivity index (χ1) is 9.72. The standard InChI is InChI=1S/C15H20BrN3O/c1-3-19-7-6-13-11(9-19)15(18-17-13)10-4-5-14(20-2)12(16)8-10/h4-5,8,11,15,18H,3,6-7,9H2,1-2H3. The molecule has 0 spiro atoms. The van der Waals surface area contributed by atoms with Crippen molar-refractivity contribution in [3.63, 3.8) is 0 Å². The van der Waals surface area contributed by atoms with E-state index >= 15 is 0 Å². The van der Waals surface area contributed by atoms with E-state index in [0.29, 0.717) is 5.92 Å². The molecular weight excluding hydrogens is 318 g/mol. The van der Waals surface area contributed by atoms with Crippen molar-refractivity contribution in [1.29, 1.82) is 0 Å². The normalized spacial score (nSPS) is 25.9. The number of hydrogen-bond acceptors (Lipinski definition) is 4. The van der Waals surface area contributed by atoms with E-state index < -0.39 is 0 Å². The Bertz CT molecular complexity index is 532. The van der Waals surface area contributed by atoms with E-state index in [2.05, 4.69) is 50.4 Å². The van der Waals surface area contributed by atoms with E-state index in [1.54, 1.807) is 7.11 Å². The molecule has 0 saturated carbocycles. The Balaban J connectivity index is 1.82. The zero-order valence-corrected chi connectivity index (χ0v) is 13.5. The van der Waals surface area contributed by atoms with Crippen molar-refractivity contribution in [2.45, 2.75) is 19.4 Å². The summed E-state index contributed by atoms with van der Waals surface area (Å²) in [6.07, 6.45) is 1.08. The Morgan fingerprint density at radius 3 is 3.05 bits per heavy atom. The van der Waals surface area contributed by atoms with Crippen molar-refractivity contribution in [2.24, 2.45) is 11.0 Å². The minimum absolute atomic E-state index is 0.279. The van der Waals surface area contributed by atoms with Crippen molar-refractivity contribution < 1.29 is 4.74 Å². The fourth-order valence-corrected chi connectivity index (χ4v) is 3.64. The van der Waals surface area contributed by atoms with Crippen LogP contribution in [0, 0.1) is 5.92 Å². The minimum Gasteiger partial charge on any atom is -0.496 e. The van der Waals surface area contributed by atoms with Crippen LogP contribution in [0.5, 0.6) is 5.75 Å². The van der Waals surface area contributed by atoms with Crippen molar-refractivity contribution in [3.8, 4) is 5.75 Å². The summed E-state index contributed by atoms with van der Waals surface area (Å²) in [6, 6.07) is 6.56. The minimum atomic E-state index is 0.279. The molecule has 0 aliphatic carbocycles. The van der Waals surface area contributed by atoms with Crippen LogP contribution in [-0.2, 0) is 0 Å². The quantitative estimate of drug-likeness (QED) is 0.921. The Hall–Kier alpha value is -1.07. The fraction of sp³-hybridized carbons (Fsp3) is 0.533. The third-order valence-electron chi connectivity index (χ3n) is 4.30. The predicted octanol–water partition coefficient (Wildman–Crippen LogP) is 2.80. The number of ether oxygens (including phenoxy) is 1. The van der Waals surface area contributed by atoms with Gasteiger partial charge in [0.25, 0.3) is 0 Å². The molecule has 0 radical (unpaired) electrons. The van der Waals surface area contributed by atoms with Crippen LogP contribution in [0.1, 0.15) is 24.9 Å². The molecular formula is C15H20BrN3O. The summed E-state index contributed by atoms with van der Waals surface area (Å²) in [5.41, 5.74) is 5.91. The van der Waals surface area contributed by atoms with Gasteiger partial charge in [-0.3, -0.25) is 0 Å². The number of likely N-dealkylation sites (tertiary alicyclic amines) is 1. The van der Waals surface area contributed by atoms with Gasteiger partial charge in [-0.05, 0) is 40.2 Å². The second-order valence-corrected chi connectivity index (χ2v) is 6.21. The molecule has 2 atom stereocenters. The maximum absolute atomic E-state index is 5.30. The van der Waals surface area contributed by atoms with Crippen LogP contribution in [0.3, 0.4) is 0 Å². The molecule has 3 rings (SSSR count). The van der Waals surface area contributed by atoms with Gasteiger partial charge in [0, 0.05) is 31.1 Å². The smallest absolute Gasteiger partial charge is 0.133 e. The van der Waals surface area contributed by atoms with Crippen LogP contribution in [0.4, 0.5) is 0 Å². The summed E-state index contributed by atoms with van der Waals surface area (Å²) < 4.78 is 6.30. The first-order valence-corrected chi connectivity index (χ1v) is 7.90. The number of fused-ring (bicyclic) bond motifs is 1. The molecule has 5 heteroatoms.